The molecular weight excluding hydrogens is 451 g/mol. The van der Waals surface area contributed by atoms with Crippen molar-refractivity contribution < 1.29 is 13.9 Å². The van der Waals surface area contributed by atoms with Crippen LogP contribution in [0.1, 0.15) is 33.3 Å². The minimum absolute atomic E-state index is 0.101. The predicted molar refractivity (Wildman–Crippen MR) is 124 cm³/mol. The van der Waals surface area contributed by atoms with Crippen molar-refractivity contribution in [2.24, 2.45) is 0 Å². The van der Waals surface area contributed by atoms with Gasteiger partial charge >= 0.3 is 0 Å². The topological polar surface area (TPSA) is 63.0 Å². The van der Waals surface area contributed by atoms with Crippen LogP contribution < -0.4 is 5.43 Å². The van der Waals surface area contributed by atoms with Crippen LogP contribution in [0.4, 0.5) is 0 Å². The lowest BCUT2D eigenvalue weighted by molar-refractivity contribution is 0.0314. The van der Waals surface area contributed by atoms with E-state index in [1.54, 1.807) is 29.2 Å². The summed E-state index contributed by atoms with van der Waals surface area (Å²) in [5.74, 6) is -0.187. The van der Waals surface area contributed by atoms with Gasteiger partial charge in [0.15, 0.2) is 5.43 Å². The average molecular weight is 473 g/mol. The van der Waals surface area contributed by atoms with Gasteiger partial charge in [-0.25, -0.2) is 0 Å². The number of morpholine rings is 1. The van der Waals surface area contributed by atoms with Gasteiger partial charge in [-0.15, -0.1) is 0 Å². The molecule has 1 fully saturated rings. The molecule has 3 heterocycles. The zero-order valence-corrected chi connectivity index (χ0v) is 19.1. The van der Waals surface area contributed by atoms with Gasteiger partial charge in [-0.1, -0.05) is 40.9 Å². The Balaban J connectivity index is 1.62. The number of carbonyl (C=O) groups excluding carboxylic acids is 1. The van der Waals surface area contributed by atoms with E-state index in [2.05, 4.69) is 4.90 Å². The molecule has 0 N–H and O–H groups in total. The van der Waals surface area contributed by atoms with Crippen molar-refractivity contribution in [1.82, 2.24) is 9.80 Å². The number of halogens is 2. The second kappa shape index (κ2) is 8.52. The molecule has 2 aromatic carbocycles. The first kappa shape index (κ1) is 21.5. The lowest BCUT2D eigenvalue weighted by atomic mass is 9.98. The van der Waals surface area contributed by atoms with Gasteiger partial charge in [-0.2, -0.15) is 0 Å². The average Bonchev–Trinajstić information content (AvgIpc) is 3.07. The van der Waals surface area contributed by atoms with Gasteiger partial charge in [-0.05, 0) is 36.8 Å². The molecule has 0 spiro atoms. The third-order valence-corrected chi connectivity index (χ3v) is 6.88. The number of benzene rings is 2. The first-order valence-electron chi connectivity index (χ1n) is 10.6. The predicted octanol–water partition coefficient (Wildman–Crippen LogP) is 4.29. The van der Waals surface area contributed by atoms with Crippen LogP contribution in [0.3, 0.4) is 0 Å². The van der Waals surface area contributed by atoms with Crippen LogP contribution in [-0.2, 0) is 4.74 Å². The fourth-order valence-corrected chi connectivity index (χ4v) is 4.77. The Bertz CT molecular complexity index is 1270. The van der Waals surface area contributed by atoms with Gasteiger partial charge in [-0.3, -0.25) is 14.5 Å². The summed E-state index contributed by atoms with van der Waals surface area (Å²) in [6, 6.07) is 10.0. The molecule has 5 rings (SSSR count). The molecule has 6 nitrogen and oxygen atoms in total. The molecule has 0 saturated carbocycles. The summed E-state index contributed by atoms with van der Waals surface area (Å²) in [6.45, 7) is 6.02. The normalized spacial score (nSPS) is 19.0. The van der Waals surface area contributed by atoms with Crippen molar-refractivity contribution in [3.8, 4) is 0 Å². The van der Waals surface area contributed by atoms with Gasteiger partial charge < -0.3 is 14.1 Å². The molecule has 0 aliphatic carbocycles. The third-order valence-electron chi connectivity index (χ3n) is 6.14. The second-order valence-electron chi connectivity index (χ2n) is 8.20. The lowest BCUT2D eigenvalue weighted by Gasteiger charge is -2.31. The van der Waals surface area contributed by atoms with Crippen LogP contribution in [0.2, 0.25) is 10.0 Å². The van der Waals surface area contributed by atoms with Crippen molar-refractivity contribution in [3.05, 3.63) is 79.1 Å². The van der Waals surface area contributed by atoms with E-state index in [0.717, 1.165) is 24.2 Å². The maximum absolute atomic E-state index is 13.6. The largest absolute Gasteiger partial charge is 0.450 e. The highest BCUT2D eigenvalue weighted by Crippen LogP contribution is 2.39. The molecule has 3 aromatic rings. The van der Waals surface area contributed by atoms with Crippen molar-refractivity contribution in [2.75, 3.05) is 39.4 Å². The van der Waals surface area contributed by atoms with E-state index in [1.807, 2.05) is 19.1 Å². The fraction of sp³-hybridized carbons (Fsp3) is 0.333. The molecule has 1 atom stereocenters. The zero-order chi connectivity index (χ0) is 22.4. The molecule has 1 amide bonds. The Morgan fingerprint density at radius 3 is 2.53 bits per heavy atom. The van der Waals surface area contributed by atoms with Gasteiger partial charge in [0, 0.05) is 26.2 Å². The number of ether oxygens (including phenoxy) is 1. The van der Waals surface area contributed by atoms with Gasteiger partial charge in [0.2, 0.25) is 5.76 Å². The molecule has 0 unspecified atom stereocenters. The van der Waals surface area contributed by atoms with Crippen molar-refractivity contribution in [3.63, 3.8) is 0 Å². The van der Waals surface area contributed by atoms with E-state index in [1.165, 1.54) is 0 Å². The SMILES string of the molecule is Cc1ccc2oc3c(c(=O)c2c1)[C@@H](c1ccc(Cl)c(Cl)c1)N(CCN1CCOCC1)C3=O. The van der Waals surface area contributed by atoms with E-state index < -0.39 is 6.04 Å². The third kappa shape index (κ3) is 3.71. The highest BCUT2D eigenvalue weighted by Gasteiger charge is 2.42. The maximum atomic E-state index is 13.6. The van der Waals surface area contributed by atoms with Crippen molar-refractivity contribution in [1.29, 1.82) is 0 Å². The van der Waals surface area contributed by atoms with Crippen LogP contribution in [-0.4, -0.2) is 55.1 Å². The smallest absolute Gasteiger partial charge is 0.290 e. The maximum Gasteiger partial charge on any atom is 0.290 e. The lowest BCUT2D eigenvalue weighted by Crippen LogP contribution is -2.42. The van der Waals surface area contributed by atoms with E-state index in [4.69, 9.17) is 32.4 Å². The molecule has 1 aromatic heterocycles. The standard InChI is InChI=1S/C24H22Cl2N2O4/c1-14-2-5-19-16(12-14)22(29)20-21(15-3-4-17(25)18(26)13-15)28(24(30)23(20)32-19)7-6-27-8-10-31-11-9-27/h2-5,12-13,21H,6-11H2,1H3/t21-/m1/s1. The number of rotatable bonds is 4. The van der Waals surface area contributed by atoms with Crippen LogP contribution >= 0.6 is 23.2 Å². The summed E-state index contributed by atoms with van der Waals surface area (Å²) < 4.78 is 11.4. The summed E-state index contributed by atoms with van der Waals surface area (Å²) in [5, 5.41) is 1.26. The first-order valence-corrected chi connectivity index (χ1v) is 11.3. The van der Waals surface area contributed by atoms with E-state index in [0.29, 0.717) is 52.9 Å². The van der Waals surface area contributed by atoms with Crippen LogP contribution in [0.5, 0.6) is 0 Å². The number of hydrogen-bond donors (Lipinski definition) is 0. The molecule has 166 valence electrons. The molecule has 1 saturated heterocycles. The first-order chi connectivity index (χ1) is 15.4. The van der Waals surface area contributed by atoms with E-state index in [-0.39, 0.29) is 17.1 Å². The number of carbonyl (C=O) groups is 1. The molecule has 0 bridgehead atoms. The number of aryl methyl sites for hydroxylation is 1. The van der Waals surface area contributed by atoms with Gasteiger partial charge in [0.25, 0.3) is 5.91 Å². The molecule has 0 radical (unpaired) electrons. The Morgan fingerprint density at radius 2 is 1.78 bits per heavy atom. The quantitative estimate of drug-likeness (QED) is 0.566. The van der Waals surface area contributed by atoms with E-state index >= 15 is 0 Å². The fourth-order valence-electron chi connectivity index (χ4n) is 4.47. The number of nitrogens with zero attached hydrogens (tertiary/aromatic N) is 2. The number of amides is 1. The van der Waals surface area contributed by atoms with Crippen molar-refractivity contribution in [2.45, 2.75) is 13.0 Å². The summed E-state index contributed by atoms with van der Waals surface area (Å²) in [5.41, 5.74) is 2.25. The van der Waals surface area contributed by atoms with Crippen LogP contribution in [0.15, 0.2) is 45.6 Å². The molecule has 8 heteroatoms. The highest BCUT2D eigenvalue weighted by atomic mass is 35.5. The summed E-state index contributed by atoms with van der Waals surface area (Å²) >= 11 is 12.4. The summed E-state index contributed by atoms with van der Waals surface area (Å²) in [4.78, 5) is 31.0. The van der Waals surface area contributed by atoms with Gasteiger partial charge in [0.05, 0.1) is 40.3 Å². The zero-order valence-electron chi connectivity index (χ0n) is 17.6. The molecular formula is C24H22Cl2N2O4. The molecule has 2 aliphatic heterocycles. The highest BCUT2D eigenvalue weighted by molar-refractivity contribution is 6.42. The van der Waals surface area contributed by atoms with Crippen LogP contribution in [0, 0.1) is 6.92 Å². The van der Waals surface area contributed by atoms with Crippen LogP contribution in [0.25, 0.3) is 11.0 Å². The summed E-state index contributed by atoms with van der Waals surface area (Å²) in [7, 11) is 0. The minimum Gasteiger partial charge on any atom is -0.450 e. The summed E-state index contributed by atoms with van der Waals surface area (Å²) in [6.07, 6.45) is 0. The number of hydrogen-bond acceptors (Lipinski definition) is 5. The minimum atomic E-state index is -0.588. The van der Waals surface area contributed by atoms with Crippen molar-refractivity contribution >= 4 is 40.1 Å². The van der Waals surface area contributed by atoms with E-state index in [9.17, 15) is 9.59 Å². The Kier molecular flexibility index (Phi) is 5.72. The Morgan fingerprint density at radius 1 is 1.00 bits per heavy atom. The monoisotopic (exact) mass is 472 g/mol. The molecule has 32 heavy (non-hydrogen) atoms. The van der Waals surface area contributed by atoms with Gasteiger partial charge in [0.1, 0.15) is 5.58 Å². The second-order valence-corrected chi connectivity index (χ2v) is 9.02. The Hall–Kier alpha value is -2.38. The Labute approximate surface area is 195 Å². The molecule has 2 aliphatic rings. The number of fused-ring (bicyclic) bond motifs is 2.